The number of rotatable bonds is 2. The first-order chi connectivity index (χ1) is 14.7. The van der Waals surface area contributed by atoms with Gasteiger partial charge >= 0.3 is 5.97 Å². The molecule has 6 nitrogen and oxygen atoms in total. The second-order valence-corrected chi connectivity index (χ2v) is 7.95. The van der Waals surface area contributed by atoms with Crippen molar-refractivity contribution in [2.45, 2.75) is 18.4 Å². The van der Waals surface area contributed by atoms with E-state index in [0.29, 0.717) is 5.56 Å². The fraction of sp³-hybridized carbons (Fsp3) is 0.208. The second kappa shape index (κ2) is 6.42. The van der Waals surface area contributed by atoms with Crippen LogP contribution < -0.4 is 4.90 Å². The van der Waals surface area contributed by atoms with E-state index in [2.05, 4.69) is 33.1 Å². The quantitative estimate of drug-likeness (QED) is 0.512. The number of nitrogens with zero attached hydrogens (tertiary/aromatic N) is 3. The average Bonchev–Trinajstić information content (AvgIpc) is 3.34. The van der Waals surface area contributed by atoms with Gasteiger partial charge in [0.2, 0.25) is 5.95 Å². The van der Waals surface area contributed by atoms with Crippen LogP contribution in [0, 0.1) is 0 Å². The van der Waals surface area contributed by atoms with E-state index in [1.165, 1.54) is 0 Å². The zero-order chi connectivity index (χ0) is 20.1. The van der Waals surface area contributed by atoms with Crippen molar-refractivity contribution in [3.63, 3.8) is 0 Å². The summed E-state index contributed by atoms with van der Waals surface area (Å²) in [5.74, 6) is 0.659. The molecular formula is C24H20N4O2. The van der Waals surface area contributed by atoms with Crippen molar-refractivity contribution >= 4 is 23.0 Å². The minimum Gasteiger partial charge on any atom is -0.450 e. The summed E-state index contributed by atoms with van der Waals surface area (Å²) in [5.41, 5.74) is 5.35. The summed E-state index contributed by atoms with van der Waals surface area (Å²) in [6.45, 7) is 1.55. The Morgan fingerprint density at radius 1 is 1.00 bits per heavy atom. The SMILES string of the molecule is O=C1OC2(CCN(c3nc4cc(-c5cccnc5)ccc4[nH]3)CC2)c2ccccc21. The number of hydrogen-bond donors (Lipinski definition) is 1. The van der Waals surface area contributed by atoms with Gasteiger partial charge in [-0.3, -0.25) is 4.98 Å². The molecule has 1 fully saturated rings. The number of carbonyl (C=O) groups excluding carboxylic acids is 1. The van der Waals surface area contributed by atoms with Crippen LogP contribution in [0.5, 0.6) is 0 Å². The lowest BCUT2D eigenvalue weighted by atomic mass is 9.84. The highest BCUT2D eigenvalue weighted by molar-refractivity contribution is 5.94. The summed E-state index contributed by atoms with van der Waals surface area (Å²) >= 11 is 0. The molecule has 4 aromatic rings. The first-order valence-electron chi connectivity index (χ1n) is 10.2. The van der Waals surface area contributed by atoms with Crippen molar-refractivity contribution in [1.29, 1.82) is 0 Å². The minimum absolute atomic E-state index is 0.203. The van der Waals surface area contributed by atoms with Gasteiger partial charge in [0.05, 0.1) is 16.6 Å². The zero-order valence-electron chi connectivity index (χ0n) is 16.3. The normalized spacial score (nSPS) is 17.3. The Kier molecular flexibility index (Phi) is 3.68. The number of piperidine rings is 1. The molecule has 2 aromatic carbocycles. The van der Waals surface area contributed by atoms with E-state index >= 15 is 0 Å². The van der Waals surface area contributed by atoms with Gasteiger partial charge in [-0.1, -0.05) is 30.3 Å². The van der Waals surface area contributed by atoms with E-state index in [9.17, 15) is 4.79 Å². The molecule has 0 saturated carbocycles. The van der Waals surface area contributed by atoms with Crippen LogP contribution in [0.15, 0.2) is 67.0 Å². The van der Waals surface area contributed by atoms with E-state index in [0.717, 1.165) is 59.6 Å². The Bertz CT molecular complexity index is 1260. The fourth-order valence-electron chi connectivity index (χ4n) is 4.65. The standard InChI is InChI=1S/C24H20N4O2/c29-22-18-5-1-2-6-19(18)24(30-22)9-12-28(13-10-24)23-26-20-8-7-16(14-21(20)27-23)17-4-3-11-25-15-17/h1-8,11,14-15H,9-10,12-13H2,(H,26,27). The molecule has 1 N–H and O–H groups in total. The third-order valence-corrected chi connectivity index (χ3v) is 6.26. The zero-order valence-corrected chi connectivity index (χ0v) is 16.3. The number of aromatic nitrogens is 3. The van der Waals surface area contributed by atoms with Gasteiger partial charge in [-0.2, -0.15) is 0 Å². The van der Waals surface area contributed by atoms with E-state index in [1.54, 1.807) is 6.20 Å². The first-order valence-corrected chi connectivity index (χ1v) is 10.2. The highest BCUT2D eigenvalue weighted by Gasteiger charge is 2.47. The molecule has 0 atom stereocenters. The van der Waals surface area contributed by atoms with E-state index in [1.807, 2.05) is 42.6 Å². The van der Waals surface area contributed by atoms with Crippen LogP contribution >= 0.6 is 0 Å². The lowest BCUT2D eigenvalue weighted by Gasteiger charge is -2.38. The van der Waals surface area contributed by atoms with Gasteiger partial charge in [-0.15, -0.1) is 0 Å². The van der Waals surface area contributed by atoms with Gasteiger partial charge in [0.15, 0.2) is 0 Å². The van der Waals surface area contributed by atoms with Gasteiger partial charge in [0, 0.05) is 49.5 Å². The molecule has 0 unspecified atom stereocenters. The molecule has 2 aliphatic rings. The third kappa shape index (κ3) is 2.60. The number of carbonyl (C=O) groups is 1. The van der Waals surface area contributed by atoms with E-state index < -0.39 is 5.60 Å². The largest absolute Gasteiger partial charge is 0.450 e. The molecule has 0 amide bonds. The monoisotopic (exact) mass is 396 g/mol. The molecule has 2 aliphatic heterocycles. The van der Waals surface area contributed by atoms with E-state index in [-0.39, 0.29) is 5.97 Å². The van der Waals surface area contributed by atoms with Crippen molar-refractivity contribution in [3.8, 4) is 11.1 Å². The molecule has 148 valence electrons. The Labute approximate surface area is 173 Å². The highest BCUT2D eigenvalue weighted by Crippen LogP contribution is 2.44. The first kappa shape index (κ1) is 17.2. The minimum atomic E-state index is -0.496. The lowest BCUT2D eigenvalue weighted by Crippen LogP contribution is -2.43. The topological polar surface area (TPSA) is 71.1 Å². The number of pyridine rings is 1. The maximum Gasteiger partial charge on any atom is 0.339 e. The molecule has 0 aliphatic carbocycles. The summed E-state index contributed by atoms with van der Waals surface area (Å²) in [7, 11) is 0. The fourth-order valence-corrected chi connectivity index (χ4v) is 4.65. The summed E-state index contributed by atoms with van der Waals surface area (Å²) in [6.07, 6.45) is 5.15. The van der Waals surface area contributed by atoms with Gasteiger partial charge in [0.1, 0.15) is 5.60 Å². The van der Waals surface area contributed by atoms with Crippen molar-refractivity contribution in [2.24, 2.45) is 0 Å². The molecule has 6 heteroatoms. The number of imidazole rings is 1. The Morgan fingerprint density at radius 3 is 2.70 bits per heavy atom. The van der Waals surface area contributed by atoms with Crippen LogP contribution in [-0.4, -0.2) is 34.0 Å². The van der Waals surface area contributed by atoms with Crippen molar-refractivity contribution in [2.75, 3.05) is 18.0 Å². The number of aromatic amines is 1. The number of ether oxygens (including phenoxy) is 1. The Hall–Kier alpha value is -3.67. The summed E-state index contributed by atoms with van der Waals surface area (Å²) in [6, 6.07) is 18.0. The van der Waals surface area contributed by atoms with Crippen LogP contribution in [0.25, 0.3) is 22.2 Å². The highest BCUT2D eigenvalue weighted by atomic mass is 16.6. The van der Waals surface area contributed by atoms with Crippen LogP contribution in [0.3, 0.4) is 0 Å². The number of hydrogen-bond acceptors (Lipinski definition) is 5. The molecule has 1 spiro atoms. The number of H-pyrrole nitrogens is 1. The van der Waals surface area contributed by atoms with Gasteiger partial charge in [-0.25, -0.2) is 9.78 Å². The summed E-state index contributed by atoms with van der Waals surface area (Å²) in [5, 5.41) is 0. The molecule has 2 aromatic heterocycles. The molecule has 0 radical (unpaired) electrons. The summed E-state index contributed by atoms with van der Waals surface area (Å²) < 4.78 is 5.87. The smallest absolute Gasteiger partial charge is 0.339 e. The molecular weight excluding hydrogens is 376 g/mol. The van der Waals surface area contributed by atoms with Crippen molar-refractivity contribution in [1.82, 2.24) is 15.0 Å². The van der Waals surface area contributed by atoms with Crippen molar-refractivity contribution in [3.05, 3.63) is 78.1 Å². The number of benzene rings is 2. The molecule has 0 bridgehead atoms. The molecule has 30 heavy (non-hydrogen) atoms. The van der Waals surface area contributed by atoms with E-state index in [4.69, 9.17) is 9.72 Å². The number of fused-ring (bicyclic) bond motifs is 3. The van der Waals surface area contributed by atoms with Crippen LogP contribution in [0.1, 0.15) is 28.8 Å². The predicted octanol–water partition coefficient (Wildman–Crippen LogP) is 4.29. The lowest BCUT2D eigenvalue weighted by molar-refractivity contribution is -0.0211. The average molecular weight is 396 g/mol. The predicted molar refractivity (Wildman–Crippen MR) is 114 cm³/mol. The number of esters is 1. The third-order valence-electron chi connectivity index (χ3n) is 6.26. The van der Waals surface area contributed by atoms with Crippen LogP contribution in [-0.2, 0) is 10.3 Å². The Balaban J connectivity index is 1.26. The summed E-state index contributed by atoms with van der Waals surface area (Å²) in [4.78, 5) is 27.0. The number of nitrogens with one attached hydrogen (secondary N) is 1. The van der Waals surface area contributed by atoms with Gasteiger partial charge < -0.3 is 14.6 Å². The molecule has 6 rings (SSSR count). The van der Waals surface area contributed by atoms with Gasteiger partial charge in [-0.05, 0) is 29.8 Å². The molecule has 4 heterocycles. The van der Waals surface area contributed by atoms with Crippen molar-refractivity contribution < 1.29 is 9.53 Å². The maximum atomic E-state index is 12.3. The molecule has 1 saturated heterocycles. The number of anilines is 1. The Morgan fingerprint density at radius 2 is 1.87 bits per heavy atom. The second-order valence-electron chi connectivity index (χ2n) is 7.95. The van der Waals surface area contributed by atoms with Crippen LogP contribution in [0.4, 0.5) is 5.95 Å². The maximum absolute atomic E-state index is 12.3. The van der Waals surface area contributed by atoms with Crippen LogP contribution in [0.2, 0.25) is 0 Å². The van der Waals surface area contributed by atoms with Gasteiger partial charge in [0.25, 0.3) is 0 Å².